The lowest BCUT2D eigenvalue weighted by atomic mass is 9.71. The Morgan fingerprint density at radius 3 is 2.60 bits per heavy atom. The van der Waals surface area contributed by atoms with Crippen LogP contribution in [-0.2, 0) is 6.42 Å². The van der Waals surface area contributed by atoms with Crippen LogP contribution in [0.2, 0.25) is 0 Å². The molecule has 25 heavy (non-hydrogen) atoms. The van der Waals surface area contributed by atoms with Crippen molar-refractivity contribution < 1.29 is 4.79 Å². The molecule has 5 rings (SSSR count). The third-order valence-corrected chi connectivity index (χ3v) is 6.09. The number of fused-ring (bicyclic) bond motifs is 3. The number of nitrogens with two attached hydrogens (primary N) is 1. The second-order valence-electron chi connectivity index (χ2n) is 7.68. The predicted molar refractivity (Wildman–Crippen MR) is 101 cm³/mol. The molecule has 3 heteroatoms. The molecule has 0 spiro atoms. The van der Waals surface area contributed by atoms with Crippen molar-refractivity contribution >= 4 is 5.91 Å². The van der Waals surface area contributed by atoms with E-state index >= 15 is 0 Å². The van der Waals surface area contributed by atoms with Crippen LogP contribution in [0.4, 0.5) is 0 Å². The zero-order valence-corrected chi connectivity index (χ0v) is 14.8. The van der Waals surface area contributed by atoms with Crippen molar-refractivity contribution in [2.75, 3.05) is 13.1 Å². The summed E-state index contributed by atoms with van der Waals surface area (Å²) >= 11 is 0. The number of nitrogens with zero attached hydrogens (tertiary/aromatic N) is 1. The highest BCUT2D eigenvalue weighted by Gasteiger charge is 2.39. The topological polar surface area (TPSA) is 46.3 Å². The molecular formula is C22H26N2O. The summed E-state index contributed by atoms with van der Waals surface area (Å²) in [5.74, 6) is 0.805. The molecule has 2 aromatic rings. The number of amides is 1. The standard InChI is InChI=1S/C22H26N2O/c1-15-11-18-9-10-24(15)14-21(18)20-13-17(7-8-19(20)22(23)25)12-16-5-3-2-4-6-16/h2-8,13,15,18,21H,9-12,14H2,1H3,(H2,23,25). The van der Waals surface area contributed by atoms with Crippen LogP contribution in [-0.4, -0.2) is 29.9 Å². The number of hydrogen-bond acceptors (Lipinski definition) is 2. The van der Waals surface area contributed by atoms with Gasteiger partial charge in [0.15, 0.2) is 0 Å². The first kappa shape index (κ1) is 16.3. The Labute approximate surface area is 149 Å². The normalized spacial score (nSPS) is 28.0. The highest BCUT2D eigenvalue weighted by atomic mass is 16.1. The first-order valence-corrected chi connectivity index (χ1v) is 9.32. The molecular weight excluding hydrogens is 308 g/mol. The van der Waals surface area contributed by atoms with Crippen LogP contribution < -0.4 is 5.73 Å². The Bertz CT molecular complexity index is 771. The Morgan fingerprint density at radius 1 is 1.16 bits per heavy atom. The van der Waals surface area contributed by atoms with Gasteiger partial charge in [-0.3, -0.25) is 4.79 Å². The molecule has 3 heterocycles. The molecule has 3 saturated heterocycles. The van der Waals surface area contributed by atoms with Crippen molar-refractivity contribution in [2.45, 2.75) is 38.1 Å². The molecule has 3 fully saturated rings. The largest absolute Gasteiger partial charge is 0.366 e. The molecule has 0 aliphatic carbocycles. The molecule has 130 valence electrons. The maximum Gasteiger partial charge on any atom is 0.248 e. The van der Waals surface area contributed by atoms with Gasteiger partial charge in [0.2, 0.25) is 5.91 Å². The summed E-state index contributed by atoms with van der Waals surface area (Å²) < 4.78 is 0. The predicted octanol–water partition coefficient (Wildman–Crippen LogP) is 3.57. The molecule has 2 bridgehead atoms. The number of carbonyl (C=O) groups excluding carboxylic acids is 1. The van der Waals surface area contributed by atoms with Crippen molar-refractivity contribution in [3.8, 4) is 0 Å². The number of hydrogen-bond donors (Lipinski definition) is 1. The monoisotopic (exact) mass is 334 g/mol. The lowest BCUT2D eigenvalue weighted by molar-refractivity contribution is 0.0390. The number of carbonyl (C=O) groups is 1. The smallest absolute Gasteiger partial charge is 0.248 e. The van der Waals surface area contributed by atoms with E-state index in [1.165, 1.54) is 36.1 Å². The molecule has 0 radical (unpaired) electrons. The van der Waals surface area contributed by atoms with Crippen molar-refractivity contribution in [3.63, 3.8) is 0 Å². The Morgan fingerprint density at radius 2 is 1.96 bits per heavy atom. The number of primary amides is 1. The fourth-order valence-corrected chi connectivity index (χ4v) is 4.73. The fourth-order valence-electron chi connectivity index (χ4n) is 4.73. The highest BCUT2D eigenvalue weighted by Crippen LogP contribution is 2.42. The summed E-state index contributed by atoms with van der Waals surface area (Å²) in [4.78, 5) is 14.6. The molecule has 2 N–H and O–H groups in total. The van der Waals surface area contributed by atoms with Crippen LogP contribution in [0.25, 0.3) is 0 Å². The maximum atomic E-state index is 12.0. The lowest BCUT2D eigenvalue weighted by Gasteiger charge is -2.49. The minimum absolute atomic E-state index is 0.300. The SMILES string of the molecule is CC1CC2CCN1CC2c1cc(Cc2ccccc2)ccc1C(N)=O. The van der Waals surface area contributed by atoms with Crippen LogP contribution in [0.15, 0.2) is 48.5 Å². The molecule has 3 nitrogen and oxygen atoms in total. The van der Waals surface area contributed by atoms with E-state index in [0.29, 0.717) is 23.4 Å². The van der Waals surface area contributed by atoms with E-state index in [-0.39, 0.29) is 5.91 Å². The average molecular weight is 334 g/mol. The molecule has 4 unspecified atom stereocenters. The number of rotatable bonds is 4. The summed E-state index contributed by atoms with van der Waals surface area (Å²) in [6, 6.07) is 17.4. The molecule has 2 aromatic carbocycles. The highest BCUT2D eigenvalue weighted by molar-refractivity contribution is 5.94. The van der Waals surface area contributed by atoms with Gasteiger partial charge in [-0.25, -0.2) is 0 Å². The Kier molecular flexibility index (Phi) is 4.34. The summed E-state index contributed by atoms with van der Waals surface area (Å²) in [5, 5.41) is 0. The third kappa shape index (κ3) is 3.21. The van der Waals surface area contributed by atoms with E-state index in [2.05, 4.69) is 48.2 Å². The van der Waals surface area contributed by atoms with Gasteiger partial charge >= 0.3 is 0 Å². The molecule has 0 aromatic heterocycles. The lowest BCUT2D eigenvalue weighted by Crippen LogP contribution is -2.51. The van der Waals surface area contributed by atoms with Gasteiger partial charge < -0.3 is 10.6 Å². The van der Waals surface area contributed by atoms with Crippen LogP contribution in [0.1, 0.15) is 52.7 Å². The fraction of sp³-hybridized carbons (Fsp3) is 0.409. The molecule has 3 aliphatic heterocycles. The molecule has 0 saturated carbocycles. The first-order chi connectivity index (χ1) is 12.1. The van der Waals surface area contributed by atoms with Crippen molar-refractivity contribution in [2.24, 2.45) is 11.7 Å². The van der Waals surface area contributed by atoms with E-state index < -0.39 is 0 Å². The summed E-state index contributed by atoms with van der Waals surface area (Å²) in [5.41, 5.74) is 10.1. The maximum absolute atomic E-state index is 12.0. The van der Waals surface area contributed by atoms with E-state index in [0.717, 1.165) is 13.0 Å². The summed E-state index contributed by atoms with van der Waals surface area (Å²) in [6.07, 6.45) is 3.35. The van der Waals surface area contributed by atoms with Gasteiger partial charge in [-0.15, -0.1) is 0 Å². The minimum atomic E-state index is -0.300. The first-order valence-electron chi connectivity index (χ1n) is 9.32. The zero-order valence-electron chi connectivity index (χ0n) is 14.8. The Balaban J connectivity index is 1.67. The van der Waals surface area contributed by atoms with Crippen molar-refractivity contribution in [1.82, 2.24) is 4.90 Å². The van der Waals surface area contributed by atoms with Gasteiger partial charge in [-0.05, 0) is 61.4 Å². The van der Waals surface area contributed by atoms with E-state index in [9.17, 15) is 4.79 Å². The van der Waals surface area contributed by atoms with Gasteiger partial charge in [-0.2, -0.15) is 0 Å². The van der Waals surface area contributed by atoms with Crippen LogP contribution in [0.5, 0.6) is 0 Å². The summed E-state index contributed by atoms with van der Waals surface area (Å²) in [7, 11) is 0. The molecule has 4 atom stereocenters. The van der Waals surface area contributed by atoms with E-state index in [1.807, 2.05) is 12.1 Å². The van der Waals surface area contributed by atoms with E-state index in [4.69, 9.17) is 5.73 Å². The van der Waals surface area contributed by atoms with E-state index in [1.54, 1.807) is 0 Å². The average Bonchev–Trinajstić information content (AvgIpc) is 2.63. The second-order valence-corrected chi connectivity index (χ2v) is 7.68. The number of piperidine rings is 3. The molecule has 3 aliphatic rings. The third-order valence-electron chi connectivity index (χ3n) is 6.09. The van der Waals surface area contributed by atoms with Gasteiger partial charge in [0.05, 0.1) is 0 Å². The van der Waals surface area contributed by atoms with Gasteiger partial charge in [-0.1, -0.05) is 42.5 Å². The van der Waals surface area contributed by atoms with Crippen molar-refractivity contribution in [1.29, 1.82) is 0 Å². The number of benzene rings is 2. The van der Waals surface area contributed by atoms with Crippen LogP contribution in [0, 0.1) is 5.92 Å². The minimum Gasteiger partial charge on any atom is -0.366 e. The second kappa shape index (κ2) is 6.64. The van der Waals surface area contributed by atoms with Crippen LogP contribution in [0.3, 0.4) is 0 Å². The quantitative estimate of drug-likeness (QED) is 0.929. The van der Waals surface area contributed by atoms with Crippen LogP contribution >= 0.6 is 0 Å². The Hall–Kier alpha value is -2.13. The van der Waals surface area contributed by atoms with Gasteiger partial charge in [0, 0.05) is 24.1 Å². The van der Waals surface area contributed by atoms with Gasteiger partial charge in [0.1, 0.15) is 0 Å². The van der Waals surface area contributed by atoms with Crippen molar-refractivity contribution in [3.05, 3.63) is 70.8 Å². The van der Waals surface area contributed by atoms with Gasteiger partial charge in [0.25, 0.3) is 0 Å². The molecule has 1 amide bonds. The summed E-state index contributed by atoms with van der Waals surface area (Å²) in [6.45, 7) is 4.57. The zero-order chi connectivity index (χ0) is 17.4.